The number of furan rings is 1. The van der Waals surface area contributed by atoms with Crippen molar-refractivity contribution in [1.82, 2.24) is 5.32 Å². The smallest absolute Gasteiger partial charge is 0.334 e. The van der Waals surface area contributed by atoms with Gasteiger partial charge in [0.2, 0.25) is 0 Å². The van der Waals surface area contributed by atoms with E-state index < -0.39 is 30.3 Å². The zero-order chi connectivity index (χ0) is 14.9. The number of halogens is 1. The van der Waals surface area contributed by atoms with E-state index in [2.05, 4.69) is 5.32 Å². The number of carboxylic acids is 1. The van der Waals surface area contributed by atoms with E-state index in [1.165, 1.54) is 12.1 Å². The third-order valence-electron chi connectivity index (χ3n) is 2.86. The van der Waals surface area contributed by atoms with Gasteiger partial charge in [0, 0.05) is 10.9 Å². The second-order valence-corrected chi connectivity index (χ2v) is 4.24. The Kier molecular flexibility index (Phi) is 3.71. The van der Waals surface area contributed by atoms with Crippen LogP contribution in [0.25, 0.3) is 11.0 Å². The Bertz CT molecular complexity index is 679. The van der Waals surface area contributed by atoms with Crippen molar-refractivity contribution in [3.8, 4) is 0 Å². The number of aryl methyl sites for hydroxylation is 1. The molecule has 1 heterocycles. The standard InChI is InChI=1S/C13H12FNO5/c1-6-7-3-2-4-8(14)11(7)20-10(6)12(17)15-5-9(16)13(18)19/h2-4,9,16H,5H2,1H3,(H,15,17)(H,18,19). The average molecular weight is 281 g/mol. The molecule has 1 unspecified atom stereocenters. The number of carbonyl (C=O) groups is 2. The Labute approximate surface area is 112 Å². The van der Waals surface area contributed by atoms with E-state index in [1.54, 1.807) is 13.0 Å². The Hall–Kier alpha value is -2.41. The molecule has 3 N–H and O–H groups in total. The van der Waals surface area contributed by atoms with Gasteiger partial charge in [0.15, 0.2) is 23.3 Å². The number of benzene rings is 1. The Morgan fingerprint density at radius 2 is 2.15 bits per heavy atom. The van der Waals surface area contributed by atoms with Gasteiger partial charge in [0.1, 0.15) is 0 Å². The molecule has 0 saturated carbocycles. The molecule has 2 rings (SSSR count). The van der Waals surface area contributed by atoms with Gasteiger partial charge in [0.25, 0.3) is 5.91 Å². The van der Waals surface area contributed by atoms with Crippen molar-refractivity contribution in [2.24, 2.45) is 0 Å². The van der Waals surface area contributed by atoms with E-state index in [0.717, 1.165) is 0 Å². The fraction of sp³-hybridized carbons (Fsp3) is 0.231. The summed E-state index contributed by atoms with van der Waals surface area (Å²) in [5, 5.41) is 20.2. The molecule has 0 aliphatic rings. The Morgan fingerprint density at radius 1 is 1.45 bits per heavy atom. The maximum Gasteiger partial charge on any atom is 0.334 e. The first-order chi connectivity index (χ1) is 9.41. The summed E-state index contributed by atoms with van der Waals surface area (Å²) in [7, 11) is 0. The van der Waals surface area contributed by atoms with Crippen LogP contribution in [-0.2, 0) is 4.79 Å². The molecule has 0 bridgehead atoms. The molecule has 20 heavy (non-hydrogen) atoms. The molecule has 0 fully saturated rings. The lowest BCUT2D eigenvalue weighted by atomic mass is 10.1. The number of para-hydroxylation sites is 1. The first-order valence-corrected chi connectivity index (χ1v) is 5.78. The minimum atomic E-state index is -1.71. The summed E-state index contributed by atoms with van der Waals surface area (Å²) in [4.78, 5) is 22.3. The SMILES string of the molecule is Cc1c(C(=O)NCC(O)C(=O)O)oc2c(F)cccc12. The molecule has 7 heteroatoms. The number of fused-ring (bicyclic) bond motifs is 1. The fourth-order valence-corrected chi connectivity index (χ4v) is 1.78. The number of carbonyl (C=O) groups excluding carboxylic acids is 1. The number of aliphatic carboxylic acids is 1. The summed E-state index contributed by atoms with van der Waals surface area (Å²) in [5.41, 5.74) is 0.413. The van der Waals surface area contributed by atoms with Crippen molar-refractivity contribution < 1.29 is 28.6 Å². The molecule has 0 saturated heterocycles. The quantitative estimate of drug-likeness (QED) is 0.778. The number of rotatable bonds is 4. The first-order valence-electron chi connectivity index (χ1n) is 5.78. The molecule has 1 aromatic carbocycles. The third kappa shape index (κ3) is 2.48. The van der Waals surface area contributed by atoms with Crippen LogP contribution in [0.4, 0.5) is 4.39 Å². The van der Waals surface area contributed by atoms with Gasteiger partial charge < -0.3 is 19.9 Å². The molecule has 106 valence electrons. The van der Waals surface area contributed by atoms with Gasteiger partial charge in [-0.15, -0.1) is 0 Å². The lowest BCUT2D eigenvalue weighted by molar-refractivity contribution is -0.146. The molecular weight excluding hydrogens is 269 g/mol. The summed E-state index contributed by atoms with van der Waals surface area (Å²) in [6, 6.07) is 4.32. The van der Waals surface area contributed by atoms with Gasteiger partial charge in [-0.25, -0.2) is 9.18 Å². The largest absolute Gasteiger partial charge is 0.479 e. The number of nitrogens with one attached hydrogen (secondary N) is 1. The van der Waals surface area contributed by atoms with E-state index in [0.29, 0.717) is 10.9 Å². The first kappa shape index (κ1) is 14.0. The Balaban J connectivity index is 2.25. The van der Waals surface area contributed by atoms with Crippen LogP contribution in [0.1, 0.15) is 16.1 Å². The van der Waals surface area contributed by atoms with Gasteiger partial charge in [-0.2, -0.15) is 0 Å². The van der Waals surface area contributed by atoms with Crippen LogP contribution in [0, 0.1) is 12.7 Å². The second kappa shape index (κ2) is 5.30. The Morgan fingerprint density at radius 3 is 2.75 bits per heavy atom. The van der Waals surface area contributed by atoms with Crippen LogP contribution in [0.2, 0.25) is 0 Å². The summed E-state index contributed by atoms with van der Waals surface area (Å²) < 4.78 is 18.7. The molecule has 1 atom stereocenters. The number of carboxylic acid groups (broad SMARTS) is 1. The highest BCUT2D eigenvalue weighted by molar-refractivity contribution is 5.99. The van der Waals surface area contributed by atoms with Crippen molar-refractivity contribution in [2.75, 3.05) is 6.54 Å². The fourth-order valence-electron chi connectivity index (χ4n) is 1.78. The summed E-state index contributed by atoms with van der Waals surface area (Å²) in [6.45, 7) is 1.13. The minimum Gasteiger partial charge on any atom is -0.479 e. The van der Waals surface area contributed by atoms with Gasteiger partial charge in [0.05, 0.1) is 6.54 Å². The van der Waals surface area contributed by atoms with Crippen molar-refractivity contribution in [1.29, 1.82) is 0 Å². The molecule has 1 aromatic heterocycles. The van der Waals surface area contributed by atoms with Gasteiger partial charge in [-0.1, -0.05) is 12.1 Å². The highest BCUT2D eigenvalue weighted by Gasteiger charge is 2.21. The zero-order valence-electron chi connectivity index (χ0n) is 10.5. The van der Waals surface area contributed by atoms with E-state index in [1.807, 2.05) is 0 Å². The third-order valence-corrected chi connectivity index (χ3v) is 2.86. The summed E-state index contributed by atoms with van der Waals surface area (Å²) in [5.74, 6) is -2.85. The van der Waals surface area contributed by atoms with E-state index in [-0.39, 0.29) is 11.3 Å². The predicted molar refractivity (Wildman–Crippen MR) is 66.9 cm³/mol. The molecule has 0 spiro atoms. The summed E-state index contributed by atoms with van der Waals surface area (Å²) >= 11 is 0. The van der Waals surface area contributed by atoms with Crippen molar-refractivity contribution in [3.63, 3.8) is 0 Å². The van der Waals surface area contributed by atoms with Gasteiger partial charge in [-0.05, 0) is 13.0 Å². The van der Waals surface area contributed by atoms with Crippen molar-refractivity contribution >= 4 is 22.8 Å². The predicted octanol–water partition coefficient (Wildman–Crippen LogP) is 1.06. The van der Waals surface area contributed by atoms with Crippen LogP contribution in [0.3, 0.4) is 0 Å². The number of aliphatic hydroxyl groups excluding tert-OH is 1. The van der Waals surface area contributed by atoms with Crippen molar-refractivity contribution in [3.05, 3.63) is 35.3 Å². The van der Waals surface area contributed by atoms with Crippen LogP contribution >= 0.6 is 0 Å². The van der Waals surface area contributed by atoms with Crippen LogP contribution in [0.15, 0.2) is 22.6 Å². The average Bonchev–Trinajstić information content (AvgIpc) is 2.75. The molecule has 0 aliphatic heterocycles. The molecular formula is C13H12FNO5. The van der Waals surface area contributed by atoms with Gasteiger partial charge in [-0.3, -0.25) is 4.79 Å². The lowest BCUT2D eigenvalue weighted by Gasteiger charge is -2.06. The van der Waals surface area contributed by atoms with E-state index in [4.69, 9.17) is 14.6 Å². The normalized spacial score (nSPS) is 12.3. The highest BCUT2D eigenvalue weighted by Crippen LogP contribution is 2.27. The minimum absolute atomic E-state index is 0.0334. The highest BCUT2D eigenvalue weighted by atomic mass is 19.1. The molecule has 2 aromatic rings. The lowest BCUT2D eigenvalue weighted by Crippen LogP contribution is -2.36. The van der Waals surface area contributed by atoms with Crippen LogP contribution in [-0.4, -0.2) is 34.7 Å². The molecule has 0 radical (unpaired) electrons. The molecule has 6 nitrogen and oxygen atoms in total. The second-order valence-electron chi connectivity index (χ2n) is 4.24. The summed E-state index contributed by atoms with van der Waals surface area (Å²) in [6.07, 6.45) is -1.71. The van der Waals surface area contributed by atoms with E-state index in [9.17, 15) is 14.0 Å². The number of aliphatic hydroxyl groups is 1. The maximum atomic E-state index is 13.5. The van der Waals surface area contributed by atoms with Crippen LogP contribution in [0.5, 0.6) is 0 Å². The maximum absolute atomic E-state index is 13.5. The number of hydrogen-bond donors (Lipinski definition) is 3. The monoisotopic (exact) mass is 281 g/mol. The molecule has 0 aliphatic carbocycles. The zero-order valence-corrected chi connectivity index (χ0v) is 10.5. The molecule has 1 amide bonds. The number of amides is 1. The number of hydrogen-bond acceptors (Lipinski definition) is 4. The van der Waals surface area contributed by atoms with Gasteiger partial charge >= 0.3 is 5.97 Å². The van der Waals surface area contributed by atoms with Crippen molar-refractivity contribution in [2.45, 2.75) is 13.0 Å². The van der Waals surface area contributed by atoms with Crippen LogP contribution < -0.4 is 5.32 Å². The topological polar surface area (TPSA) is 99.8 Å². The van der Waals surface area contributed by atoms with E-state index >= 15 is 0 Å².